The summed E-state index contributed by atoms with van der Waals surface area (Å²) in [7, 11) is 3.84. The first-order valence-electron chi connectivity index (χ1n) is 6.73. The van der Waals surface area contributed by atoms with Crippen molar-refractivity contribution in [1.82, 2.24) is 15.6 Å². The molecule has 6 nitrogen and oxygen atoms in total. The molecule has 1 aromatic rings. The lowest BCUT2D eigenvalue weighted by molar-refractivity contribution is -0.129. The Morgan fingerprint density at radius 3 is 3.00 bits per heavy atom. The second kappa shape index (κ2) is 6.36. The lowest BCUT2D eigenvalue weighted by atomic mass is 9.98. The predicted octanol–water partition coefficient (Wildman–Crippen LogP) is 0.290. The van der Waals surface area contributed by atoms with E-state index in [0.29, 0.717) is 25.9 Å². The first-order chi connectivity index (χ1) is 9.58. The molecule has 1 aliphatic rings. The molecule has 20 heavy (non-hydrogen) atoms. The summed E-state index contributed by atoms with van der Waals surface area (Å²) in [6.45, 7) is 0.878. The number of pyridine rings is 1. The van der Waals surface area contributed by atoms with Gasteiger partial charge < -0.3 is 15.5 Å². The molecular weight excluding hydrogens is 256 g/mol. The summed E-state index contributed by atoms with van der Waals surface area (Å²) in [6.07, 6.45) is 2.77. The number of nitrogens with one attached hydrogen (secondary N) is 2. The summed E-state index contributed by atoms with van der Waals surface area (Å²) in [5.41, 5.74) is 0.977. The first kappa shape index (κ1) is 14.3. The Labute approximate surface area is 118 Å². The van der Waals surface area contributed by atoms with Crippen molar-refractivity contribution in [2.45, 2.75) is 19.4 Å². The van der Waals surface area contributed by atoms with E-state index in [2.05, 4.69) is 15.6 Å². The van der Waals surface area contributed by atoms with Crippen LogP contribution >= 0.6 is 0 Å². The lowest BCUT2D eigenvalue weighted by Crippen LogP contribution is -2.42. The standard InChI is InChI=1S/C14H20N4O2/c1-18(2)13-10(4-3-7-15-13)8-17-14(20)11-5-6-12(19)16-9-11/h3-4,7,11H,5-6,8-9H2,1-2H3,(H,16,19)(H,17,20)/t11-/m0/s1. The van der Waals surface area contributed by atoms with Crippen LogP contribution in [0.4, 0.5) is 5.82 Å². The zero-order valence-electron chi connectivity index (χ0n) is 11.8. The van der Waals surface area contributed by atoms with Crippen molar-refractivity contribution in [3.63, 3.8) is 0 Å². The highest BCUT2D eigenvalue weighted by Crippen LogP contribution is 2.15. The number of hydrogen-bond acceptors (Lipinski definition) is 4. The molecule has 0 radical (unpaired) electrons. The Morgan fingerprint density at radius 2 is 2.35 bits per heavy atom. The number of anilines is 1. The van der Waals surface area contributed by atoms with Crippen LogP contribution in [-0.4, -0.2) is 37.4 Å². The second-order valence-electron chi connectivity index (χ2n) is 5.14. The van der Waals surface area contributed by atoms with E-state index >= 15 is 0 Å². The Bertz CT molecular complexity index is 492. The fourth-order valence-corrected chi connectivity index (χ4v) is 2.25. The van der Waals surface area contributed by atoms with E-state index < -0.39 is 0 Å². The SMILES string of the molecule is CN(C)c1ncccc1CNC(=O)[C@H]1CCC(=O)NC1. The Balaban J connectivity index is 1.92. The van der Waals surface area contributed by atoms with Gasteiger partial charge in [0.2, 0.25) is 11.8 Å². The Kier molecular flexibility index (Phi) is 4.55. The van der Waals surface area contributed by atoms with Crippen molar-refractivity contribution in [3.8, 4) is 0 Å². The maximum Gasteiger partial charge on any atom is 0.225 e. The van der Waals surface area contributed by atoms with Crippen LogP contribution < -0.4 is 15.5 Å². The number of piperidine rings is 1. The van der Waals surface area contributed by atoms with Crippen LogP contribution in [0.1, 0.15) is 18.4 Å². The summed E-state index contributed by atoms with van der Waals surface area (Å²) in [5.74, 6) is 0.728. The van der Waals surface area contributed by atoms with Gasteiger partial charge in [-0.25, -0.2) is 4.98 Å². The van der Waals surface area contributed by atoms with Gasteiger partial charge in [0, 0.05) is 45.4 Å². The zero-order chi connectivity index (χ0) is 14.5. The van der Waals surface area contributed by atoms with Gasteiger partial charge in [0.05, 0.1) is 5.92 Å². The van der Waals surface area contributed by atoms with Crippen LogP contribution in [0.3, 0.4) is 0 Å². The predicted molar refractivity (Wildman–Crippen MR) is 76.1 cm³/mol. The van der Waals surface area contributed by atoms with Crippen molar-refractivity contribution in [2.24, 2.45) is 5.92 Å². The molecule has 0 bridgehead atoms. The van der Waals surface area contributed by atoms with Gasteiger partial charge in [-0.3, -0.25) is 9.59 Å². The average Bonchev–Trinajstić information content (AvgIpc) is 2.45. The van der Waals surface area contributed by atoms with E-state index in [0.717, 1.165) is 11.4 Å². The number of carbonyl (C=O) groups is 2. The molecule has 2 amide bonds. The molecule has 6 heteroatoms. The minimum atomic E-state index is -0.132. The van der Waals surface area contributed by atoms with E-state index in [9.17, 15) is 9.59 Å². The number of hydrogen-bond donors (Lipinski definition) is 2. The van der Waals surface area contributed by atoms with Crippen LogP contribution in [-0.2, 0) is 16.1 Å². The third kappa shape index (κ3) is 3.46. The summed E-state index contributed by atoms with van der Waals surface area (Å²) in [5, 5.41) is 5.64. The van der Waals surface area contributed by atoms with Gasteiger partial charge in [0.15, 0.2) is 0 Å². The number of amides is 2. The first-order valence-corrected chi connectivity index (χ1v) is 6.73. The van der Waals surface area contributed by atoms with E-state index in [1.54, 1.807) is 6.20 Å². The number of nitrogens with zero attached hydrogens (tertiary/aromatic N) is 2. The maximum atomic E-state index is 12.1. The highest BCUT2D eigenvalue weighted by molar-refractivity contribution is 5.83. The van der Waals surface area contributed by atoms with Crippen LogP contribution in [0.2, 0.25) is 0 Å². The van der Waals surface area contributed by atoms with E-state index in [1.807, 2.05) is 31.1 Å². The minimum Gasteiger partial charge on any atom is -0.362 e. The van der Waals surface area contributed by atoms with Gasteiger partial charge in [-0.15, -0.1) is 0 Å². The third-order valence-electron chi connectivity index (χ3n) is 3.38. The summed E-state index contributed by atoms with van der Waals surface area (Å²) >= 11 is 0. The summed E-state index contributed by atoms with van der Waals surface area (Å²) in [6, 6.07) is 3.81. The van der Waals surface area contributed by atoms with Crippen molar-refractivity contribution in [2.75, 3.05) is 25.5 Å². The van der Waals surface area contributed by atoms with Crippen molar-refractivity contribution < 1.29 is 9.59 Å². The largest absolute Gasteiger partial charge is 0.362 e. The molecular formula is C14H20N4O2. The lowest BCUT2D eigenvalue weighted by Gasteiger charge is -2.22. The molecule has 0 saturated carbocycles. The average molecular weight is 276 g/mol. The van der Waals surface area contributed by atoms with E-state index in [-0.39, 0.29) is 17.7 Å². The van der Waals surface area contributed by atoms with Gasteiger partial charge in [-0.1, -0.05) is 6.07 Å². The Morgan fingerprint density at radius 1 is 1.55 bits per heavy atom. The van der Waals surface area contributed by atoms with Crippen molar-refractivity contribution in [1.29, 1.82) is 0 Å². The second-order valence-corrected chi connectivity index (χ2v) is 5.14. The molecule has 108 valence electrons. The number of carbonyl (C=O) groups excluding carboxylic acids is 2. The smallest absolute Gasteiger partial charge is 0.225 e. The van der Waals surface area contributed by atoms with Crippen molar-refractivity contribution >= 4 is 17.6 Å². The Hall–Kier alpha value is -2.11. The molecule has 1 saturated heterocycles. The monoisotopic (exact) mass is 276 g/mol. The van der Waals surface area contributed by atoms with Crippen LogP contribution in [0.5, 0.6) is 0 Å². The normalized spacial score (nSPS) is 18.3. The van der Waals surface area contributed by atoms with Crippen LogP contribution in [0.15, 0.2) is 18.3 Å². The summed E-state index contributed by atoms with van der Waals surface area (Å²) in [4.78, 5) is 29.4. The fraction of sp³-hybridized carbons (Fsp3) is 0.500. The van der Waals surface area contributed by atoms with Crippen LogP contribution in [0.25, 0.3) is 0 Å². The van der Waals surface area contributed by atoms with Gasteiger partial charge in [-0.2, -0.15) is 0 Å². The fourth-order valence-electron chi connectivity index (χ4n) is 2.25. The molecule has 2 rings (SSSR count). The quantitative estimate of drug-likeness (QED) is 0.829. The van der Waals surface area contributed by atoms with Gasteiger partial charge in [0.25, 0.3) is 0 Å². The van der Waals surface area contributed by atoms with Crippen LogP contribution in [0, 0.1) is 5.92 Å². The topological polar surface area (TPSA) is 74.3 Å². The highest BCUT2D eigenvalue weighted by atomic mass is 16.2. The molecule has 0 aromatic carbocycles. The van der Waals surface area contributed by atoms with E-state index in [4.69, 9.17) is 0 Å². The summed E-state index contributed by atoms with van der Waals surface area (Å²) < 4.78 is 0. The maximum absolute atomic E-state index is 12.1. The molecule has 0 spiro atoms. The molecule has 0 unspecified atom stereocenters. The molecule has 1 atom stereocenters. The highest BCUT2D eigenvalue weighted by Gasteiger charge is 2.24. The minimum absolute atomic E-state index is 0.0152. The molecule has 2 N–H and O–H groups in total. The van der Waals surface area contributed by atoms with E-state index in [1.165, 1.54) is 0 Å². The number of rotatable bonds is 4. The van der Waals surface area contributed by atoms with Gasteiger partial charge >= 0.3 is 0 Å². The molecule has 1 fully saturated rings. The molecule has 1 aromatic heterocycles. The van der Waals surface area contributed by atoms with Gasteiger partial charge in [0.1, 0.15) is 5.82 Å². The number of aromatic nitrogens is 1. The molecule has 2 heterocycles. The third-order valence-corrected chi connectivity index (χ3v) is 3.38. The molecule has 1 aliphatic heterocycles. The van der Waals surface area contributed by atoms with Crippen molar-refractivity contribution in [3.05, 3.63) is 23.9 Å². The zero-order valence-corrected chi connectivity index (χ0v) is 11.8. The molecule has 0 aliphatic carbocycles. The van der Waals surface area contributed by atoms with Gasteiger partial charge in [-0.05, 0) is 12.5 Å².